The van der Waals surface area contributed by atoms with E-state index in [0.29, 0.717) is 30.3 Å². The van der Waals surface area contributed by atoms with Crippen molar-refractivity contribution in [3.63, 3.8) is 0 Å². The topological polar surface area (TPSA) is 65.8 Å². The minimum atomic E-state index is -1.31. The van der Waals surface area contributed by atoms with Crippen molar-refractivity contribution < 1.29 is 14.3 Å². The van der Waals surface area contributed by atoms with Crippen LogP contribution < -0.4 is 10.3 Å². The predicted octanol–water partition coefficient (Wildman–Crippen LogP) is 3.50. The molecule has 0 amide bonds. The van der Waals surface area contributed by atoms with E-state index in [1.54, 1.807) is 4.57 Å². The van der Waals surface area contributed by atoms with Gasteiger partial charge in [0.1, 0.15) is 11.4 Å². The first-order valence-electron chi connectivity index (χ1n) is 10.2. The molecule has 3 fully saturated rings. The number of hydrogen-bond acceptors (Lipinski definition) is 4. The average molecular weight is 420 g/mol. The van der Waals surface area contributed by atoms with E-state index in [2.05, 4.69) is 4.90 Å². The summed E-state index contributed by atoms with van der Waals surface area (Å²) in [5, 5.41) is 9.65. The quantitative estimate of drug-likeness (QED) is 0.821. The highest BCUT2D eigenvalue weighted by Crippen LogP contribution is 2.43. The van der Waals surface area contributed by atoms with E-state index < -0.39 is 17.2 Å². The lowest BCUT2D eigenvalue weighted by molar-refractivity contribution is 0.0695. The van der Waals surface area contributed by atoms with Gasteiger partial charge in [-0.2, -0.15) is 0 Å². The lowest BCUT2D eigenvalue weighted by Crippen LogP contribution is -2.35. The molecule has 1 aliphatic carbocycles. The highest BCUT2D eigenvalue weighted by Gasteiger charge is 2.34. The van der Waals surface area contributed by atoms with Gasteiger partial charge in [-0.05, 0) is 51.3 Å². The first kappa shape index (κ1) is 18.9. The summed E-state index contributed by atoms with van der Waals surface area (Å²) < 4.78 is 16.9. The van der Waals surface area contributed by atoms with Crippen molar-refractivity contribution in [2.75, 3.05) is 31.1 Å². The predicted molar refractivity (Wildman–Crippen MR) is 110 cm³/mol. The molecule has 154 valence electrons. The van der Waals surface area contributed by atoms with Gasteiger partial charge in [0, 0.05) is 31.4 Å². The number of likely N-dealkylation sites (tertiary alicyclic amines) is 1. The summed E-state index contributed by atoms with van der Waals surface area (Å²) in [4.78, 5) is 28.6. The second-order valence-corrected chi connectivity index (χ2v) is 8.74. The van der Waals surface area contributed by atoms with Gasteiger partial charge in [0.2, 0.25) is 5.43 Å². The summed E-state index contributed by atoms with van der Waals surface area (Å²) in [6.45, 7) is 3.60. The van der Waals surface area contributed by atoms with Crippen LogP contribution in [-0.2, 0) is 0 Å². The Bertz CT molecular complexity index is 1060. The van der Waals surface area contributed by atoms with Gasteiger partial charge in [0.15, 0.2) is 0 Å². The molecule has 0 radical (unpaired) electrons. The molecule has 0 spiro atoms. The summed E-state index contributed by atoms with van der Waals surface area (Å²) in [5.41, 5.74) is -0.251. The Labute approximate surface area is 172 Å². The number of carboxylic acids is 1. The third-order valence-electron chi connectivity index (χ3n) is 6.49. The molecule has 0 bridgehead atoms. The highest BCUT2D eigenvalue weighted by atomic mass is 35.5. The molecule has 29 heavy (non-hydrogen) atoms. The van der Waals surface area contributed by atoms with Crippen LogP contribution in [0.15, 0.2) is 17.1 Å². The number of hydrogen-bond donors (Lipinski definition) is 1. The molecule has 2 saturated heterocycles. The molecular weight excluding hydrogens is 397 g/mol. The standard InChI is InChI=1S/C21H23ClFN3O3/c22-17-18-14(20(27)15(21(28)29)11-26(18)12-3-4-12)9-16(23)19(17)25-8-5-13(10-25)24-6-1-2-7-24/h9,11-13H,1-8,10H2,(H,28,29)/t13-/m0/s1. The molecule has 1 aromatic carbocycles. The lowest BCUT2D eigenvalue weighted by atomic mass is 10.1. The van der Waals surface area contributed by atoms with Crippen molar-refractivity contribution in [3.8, 4) is 0 Å². The molecule has 1 N–H and O–H groups in total. The lowest BCUT2D eigenvalue weighted by Gasteiger charge is -2.26. The number of carboxylic acid groups (broad SMARTS) is 1. The van der Waals surface area contributed by atoms with Crippen LogP contribution in [0.5, 0.6) is 0 Å². The monoisotopic (exact) mass is 419 g/mol. The molecule has 8 heteroatoms. The van der Waals surface area contributed by atoms with Gasteiger partial charge in [0.05, 0.1) is 21.6 Å². The SMILES string of the molecule is O=C(O)c1cn(C2CC2)c2c(Cl)c(N3CC[C@H](N4CCCC4)C3)c(F)cc2c1=O. The van der Waals surface area contributed by atoms with E-state index in [9.17, 15) is 14.7 Å². The average Bonchev–Trinajstić information content (AvgIpc) is 3.16. The Morgan fingerprint density at radius 2 is 1.86 bits per heavy atom. The Morgan fingerprint density at radius 3 is 2.52 bits per heavy atom. The fraction of sp³-hybridized carbons (Fsp3) is 0.524. The van der Waals surface area contributed by atoms with Crippen molar-refractivity contribution in [3.05, 3.63) is 38.9 Å². The zero-order valence-electron chi connectivity index (χ0n) is 16.0. The maximum Gasteiger partial charge on any atom is 0.341 e. The van der Waals surface area contributed by atoms with Crippen molar-refractivity contribution in [1.82, 2.24) is 9.47 Å². The van der Waals surface area contributed by atoms with Crippen molar-refractivity contribution >= 4 is 34.2 Å². The van der Waals surface area contributed by atoms with Gasteiger partial charge in [0.25, 0.3) is 0 Å². The summed E-state index contributed by atoms with van der Waals surface area (Å²) >= 11 is 6.71. The molecule has 1 aromatic heterocycles. The van der Waals surface area contributed by atoms with Gasteiger partial charge < -0.3 is 14.6 Å². The second-order valence-electron chi connectivity index (χ2n) is 8.36. The molecule has 3 aliphatic rings. The van der Waals surface area contributed by atoms with E-state index in [-0.39, 0.29) is 22.0 Å². The minimum absolute atomic E-state index is 0.0401. The fourth-order valence-corrected chi connectivity index (χ4v) is 5.27. The molecule has 0 unspecified atom stereocenters. The minimum Gasteiger partial charge on any atom is -0.477 e. The van der Waals surface area contributed by atoms with Crippen LogP contribution in [0.1, 0.15) is 48.5 Å². The first-order valence-corrected chi connectivity index (χ1v) is 10.6. The maximum absolute atomic E-state index is 15.2. The zero-order chi connectivity index (χ0) is 20.3. The summed E-state index contributed by atoms with van der Waals surface area (Å²) in [6.07, 6.45) is 6.53. The Balaban J connectivity index is 1.62. The van der Waals surface area contributed by atoms with E-state index in [1.165, 1.54) is 25.1 Å². The fourth-order valence-electron chi connectivity index (χ4n) is 4.86. The second kappa shape index (κ2) is 6.99. The van der Waals surface area contributed by atoms with Crippen LogP contribution in [0, 0.1) is 5.82 Å². The molecule has 3 heterocycles. The molecule has 1 atom stereocenters. The number of aromatic carboxylic acids is 1. The summed E-state index contributed by atoms with van der Waals surface area (Å²) in [7, 11) is 0. The van der Waals surface area contributed by atoms with E-state index in [0.717, 1.165) is 32.4 Å². The number of fused-ring (bicyclic) bond motifs is 1. The first-order chi connectivity index (χ1) is 14.0. The normalized spacial score (nSPS) is 22.7. The number of anilines is 1. The molecule has 6 nitrogen and oxygen atoms in total. The van der Waals surface area contributed by atoms with Crippen LogP contribution in [-0.4, -0.2) is 52.8 Å². The van der Waals surface area contributed by atoms with E-state index >= 15 is 4.39 Å². The van der Waals surface area contributed by atoms with Gasteiger partial charge in [-0.3, -0.25) is 9.69 Å². The zero-order valence-corrected chi connectivity index (χ0v) is 16.8. The van der Waals surface area contributed by atoms with Crippen LogP contribution in [0.3, 0.4) is 0 Å². The third-order valence-corrected chi connectivity index (χ3v) is 6.85. The number of rotatable bonds is 4. The van der Waals surface area contributed by atoms with Gasteiger partial charge >= 0.3 is 5.97 Å². The van der Waals surface area contributed by atoms with Crippen molar-refractivity contribution in [2.45, 2.75) is 44.2 Å². The maximum atomic E-state index is 15.2. The van der Waals surface area contributed by atoms with Gasteiger partial charge in [-0.15, -0.1) is 0 Å². The number of aromatic nitrogens is 1. The molecule has 2 aliphatic heterocycles. The van der Waals surface area contributed by atoms with Crippen molar-refractivity contribution in [2.24, 2.45) is 0 Å². The smallest absolute Gasteiger partial charge is 0.341 e. The third kappa shape index (κ3) is 3.11. The number of benzene rings is 1. The number of pyridine rings is 1. The number of nitrogens with zero attached hydrogens (tertiary/aromatic N) is 3. The number of halogens is 2. The largest absolute Gasteiger partial charge is 0.477 e. The van der Waals surface area contributed by atoms with E-state index in [1.807, 2.05) is 4.90 Å². The van der Waals surface area contributed by atoms with Crippen molar-refractivity contribution in [1.29, 1.82) is 0 Å². The van der Waals surface area contributed by atoms with Gasteiger partial charge in [-0.25, -0.2) is 9.18 Å². The molecular formula is C21H23ClFN3O3. The van der Waals surface area contributed by atoms with Crippen LogP contribution in [0.4, 0.5) is 10.1 Å². The summed E-state index contributed by atoms with van der Waals surface area (Å²) in [6, 6.07) is 1.67. The Morgan fingerprint density at radius 1 is 1.14 bits per heavy atom. The van der Waals surface area contributed by atoms with Crippen LogP contribution in [0.25, 0.3) is 10.9 Å². The molecule has 5 rings (SSSR count). The van der Waals surface area contributed by atoms with E-state index in [4.69, 9.17) is 11.6 Å². The number of carbonyl (C=O) groups is 1. The van der Waals surface area contributed by atoms with Crippen LogP contribution in [0.2, 0.25) is 5.02 Å². The Kier molecular flexibility index (Phi) is 4.55. The van der Waals surface area contributed by atoms with Crippen LogP contribution >= 0.6 is 11.6 Å². The molecule has 2 aromatic rings. The Hall–Kier alpha value is -2.12. The molecule has 1 saturated carbocycles. The highest BCUT2D eigenvalue weighted by molar-refractivity contribution is 6.38. The van der Waals surface area contributed by atoms with Gasteiger partial charge in [-0.1, -0.05) is 11.6 Å². The summed E-state index contributed by atoms with van der Waals surface area (Å²) in [5.74, 6) is -1.87.